The summed E-state index contributed by atoms with van der Waals surface area (Å²) in [6.07, 6.45) is 6.85. The smallest absolute Gasteiger partial charge is 0.173 e. The molecule has 1 fully saturated rings. The van der Waals surface area contributed by atoms with Crippen LogP contribution in [0.2, 0.25) is 0 Å². The van der Waals surface area contributed by atoms with Gasteiger partial charge in [0.05, 0.1) is 12.7 Å². The molecule has 0 aromatic heterocycles. The number of hydrogen-bond acceptors (Lipinski definition) is 4. The van der Waals surface area contributed by atoms with E-state index in [1.54, 1.807) is 7.11 Å². The van der Waals surface area contributed by atoms with Crippen LogP contribution in [-0.4, -0.2) is 24.7 Å². The maximum Gasteiger partial charge on any atom is 0.173 e. The van der Waals surface area contributed by atoms with E-state index in [-0.39, 0.29) is 5.84 Å². The van der Waals surface area contributed by atoms with E-state index >= 15 is 0 Å². The molecule has 0 saturated heterocycles. The van der Waals surface area contributed by atoms with Crippen LogP contribution in [0.5, 0.6) is 5.75 Å². The summed E-state index contributed by atoms with van der Waals surface area (Å²) < 4.78 is 5.30. The number of nitrogens with one attached hydrogen (secondary N) is 1. The molecule has 1 aliphatic rings. The Bertz CT molecular complexity index is 482. The zero-order chi connectivity index (χ0) is 15.1. The summed E-state index contributed by atoms with van der Waals surface area (Å²) in [6.45, 7) is 1.86. The van der Waals surface area contributed by atoms with Crippen LogP contribution < -0.4 is 15.8 Å². The fourth-order valence-electron chi connectivity index (χ4n) is 2.95. The zero-order valence-corrected chi connectivity index (χ0v) is 12.6. The summed E-state index contributed by atoms with van der Waals surface area (Å²) in [7, 11) is 1.58. The molecule has 0 unspecified atom stereocenters. The summed E-state index contributed by atoms with van der Waals surface area (Å²) in [6, 6.07) is 5.72. The maximum atomic E-state index is 8.75. The van der Waals surface area contributed by atoms with E-state index in [0.717, 1.165) is 24.6 Å². The standard InChI is InChI=1S/C16H25N3O2/c1-21-15-10-13(6-7-14(15)16(17)19-20)11-18-9-8-12-4-2-3-5-12/h6-7,10,12,18,20H,2-5,8-9,11H2,1H3,(H2,17,19). The van der Waals surface area contributed by atoms with Crippen LogP contribution in [0.1, 0.15) is 43.2 Å². The Morgan fingerprint density at radius 1 is 1.43 bits per heavy atom. The molecule has 0 radical (unpaired) electrons. The van der Waals surface area contributed by atoms with Crippen LogP contribution >= 0.6 is 0 Å². The molecule has 4 N–H and O–H groups in total. The van der Waals surface area contributed by atoms with E-state index in [9.17, 15) is 0 Å². The van der Waals surface area contributed by atoms with Gasteiger partial charge in [-0.3, -0.25) is 0 Å². The predicted octanol–water partition coefficient (Wildman–Crippen LogP) is 2.46. The molecule has 0 atom stereocenters. The SMILES string of the molecule is COc1cc(CNCCC2CCCC2)ccc1/C(N)=N/O. The number of ether oxygens (including phenoxy) is 1. The van der Waals surface area contributed by atoms with Crippen molar-refractivity contribution in [1.29, 1.82) is 0 Å². The van der Waals surface area contributed by atoms with E-state index in [1.807, 2.05) is 18.2 Å². The van der Waals surface area contributed by atoms with Crippen molar-refractivity contribution in [1.82, 2.24) is 5.32 Å². The fraction of sp³-hybridized carbons (Fsp3) is 0.562. The summed E-state index contributed by atoms with van der Waals surface area (Å²) in [5, 5.41) is 15.2. The molecule has 0 aliphatic heterocycles. The van der Waals surface area contributed by atoms with Crippen LogP contribution in [0, 0.1) is 5.92 Å². The molecule has 0 amide bonds. The van der Waals surface area contributed by atoms with Gasteiger partial charge in [-0.2, -0.15) is 0 Å². The van der Waals surface area contributed by atoms with Crippen LogP contribution in [-0.2, 0) is 6.54 Å². The Labute approximate surface area is 126 Å². The van der Waals surface area contributed by atoms with Gasteiger partial charge in [0.25, 0.3) is 0 Å². The zero-order valence-electron chi connectivity index (χ0n) is 12.6. The van der Waals surface area contributed by atoms with Crippen molar-refractivity contribution in [3.05, 3.63) is 29.3 Å². The van der Waals surface area contributed by atoms with Crippen LogP contribution in [0.15, 0.2) is 23.4 Å². The summed E-state index contributed by atoms with van der Waals surface area (Å²) in [4.78, 5) is 0. The highest BCUT2D eigenvalue weighted by Crippen LogP contribution is 2.27. The molecule has 0 bridgehead atoms. The van der Waals surface area contributed by atoms with E-state index in [4.69, 9.17) is 15.7 Å². The Balaban J connectivity index is 1.85. The van der Waals surface area contributed by atoms with Crippen LogP contribution in [0.3, 0.4) is 0 Å². The van der Waals surface area contributed by atoms with Crippen molar-refractivity contribution in [3.8, 4) is 5.75 Å². The second kappa shape index (κ2) is 7.88. The number of rotatable bonds is 7. The highest BCUT2D eigenvalue weighted by molar-refractivity contribution is 5.99. The van der Waals surface area contributed by atoms with E-state index < -0.39 is 0 Å². The Morgan fingerprint density at radius 2 is 2.19 bits per heavy atom. The number of oxime groups is 1. The van der Waals surface area contributed by atoms with Gasteiger partial charge in [-0.15, -0.1) is 0 Å². The third kappa shape index (κ3) is 4.36. The van der Waals surface area contributed by atoms with Gasteiger partial charge in [-0.05, 0) is 36.6 Å². The predicted molar refractivity (Wildman–Crippen MR) is 83.8 cm³/mol. The highest BCUT2D eigenvalue weighted by atomic mass is 16.5. The van der Waals surface area contributed by atoms with Crippen molar-refractivity contribution in [2.75, 3.05) is 13.7 Å². The average molecular weight is 291 g/mol. The quantitative estimate of drug-likeness (QED) is 0.237. The lowest BCUT2D eigenvalue weighted by Gasteiger charge is -2.12. The molecule has 5 nitrogen and oxygen atoms in total. The number of nitrogens with zero attached hydrogens (tertiary/aromatic N) is 1. The Hall–Kier alpha value is -1.75. The van der Waals surface area contributed by atoms with Crippen molar-refractivity contribution in [2.24, 2.45) is 16.8 Å². The first kappa shape index (κ1) is 15.6. The lowest BCUT2D eigenvalue weighted by atomic mass is 10.0. The lowest BCUT2D eigenvalue weighted by Crippen LogP contribution is -2.18. The first-order valence-electron chi connectivity index (χ1n) is 7.60. The summed E-state index contributed by atoms with van der Waals surface area (Å²) >= 11 is 0. The molecular weight excluding hydrogens is 266 g/mol. The number of nitrogens with two attached hydrogens (primary N) is 1. The molecule has 0 heterocycles. The highest BCUT2D eigenvalue weighted by Gasteiger charge is 2.14. The minimum absolute atomic E-state index is 0.0626. The molecule has 5 heteroatoms. The molecule has 1 aliphatic carbocycles. The molecule has 1 saturated carbocycles. The van der Waals surface area contributed by atoms with Gasteiger partial charge < -0.3 is 21.0 Å². The maximum absolute atomic E-state index is 8.75. The summed E-state index contributed by atoms with van der Waals surface area (Å²) in [5.74, 6) is 1.60. The fourth-order valence-corrected chi connectivity index (χ4v) is 2.95. The van der Waals surface area contributed by atoms with Gasteiger partial charge >= 0.3 is 0 Å². The number of amidine groups is 1. The molecule has 21 heavy (non-hydrogen) atoms. The van der Waals surface area contributed by atoms with Gasteiger partial charge in [0, 0.05) is 6.54 Å². The molecule has 116 valence electrons. The van der Waals surface area contributed by atoms with Gasteiger partial charge in [0.1, 0.15) is 5.75 Å². The molecule has 1 aromatic rings. The normalized spacial score (nSPS) is 16.3. The third-order valence-electron chi connectivity index (χ3n) is 4.18. The number of hydrogen-bond donors (Lipinski definition) is 3. The van der Waals surface area contributed by atoms with Crippen molar-refractivity contribution in [3.63, 3.8) is 0 Å². The molecular formula is C16H25N3O2. The van der Waals surface area contributed by atoms with Gasteiger partial charge in [-0.25, -0.2) is 0 Å². The molecule has 2 rings (SSSR count). The Kier molecular flexibility index (Phi) is 5.87. The topological polar surface area (TPSA) is 79.9 Å². The Morgan fingerprint density at radius 3 is 2.86 bits per heavy atom. The van der Waals surface area contributed by atoms with Crippen molar-refractivity contribution in [2.45, 2.75) is 38.6 Å². The lowest BCUT2D eigenvalue weighted by molar-refractivity contribution is 0.318. The molecule has 0 spiro atoms. The first-order chi connectivity index (χ1) is 10.2. The van der Waals surface area contributed by atoms with E-state index in [1.165, 1.54) is 32.1 Å². The van der Waals surface area contributed by atoms with Crippen molar-refractivity contribution < 1.29 is 9.94 Å². The van der Waals surface area contributed by atoms with Gasteiger partial charge in [-0.1, -0.05) is 36.9 Å². The number of benzene rings is 1. The van der Waals surface area contributed by atoms with Gasteiger partial charge in [0.2, 0.25) is 0 Å². The van der Waals surface area contributed by atoms with Crippen molar-refractivity contribution >= 4 is 5.84 Å². The largest absolute Gasteiger partial charge is 0.496 e. The minimum Gasteiger partial charge on any atom is -0.496 e. The van der Waals surface area contributed by atoms with Gasteiger partial charge in [0.15, 0.2) is 5.84 Å². The minimum atomic E-state index is 0.0626. The average Bonchev–Trinajstić information content (AvgIpc) is 3.04. The van der Waals surface area contributed by atoms with E-state index in [0.29, 0.717) is 11.3 Å². The summed E-state index contributed by atoms with van der Waals surface area (Å²) in [5.41, 5.74) is 7.35. The third-order valence-corrected chi connectivity index (χ3v) is 4.18. The monoisotopic (exact) mass is 291 g/mol. The van der Waals surface area contributed by atoms with Crippen LogP contribution in [0.25, 0.3) is 0 Å². The molecule has 1 aromatic carbocycles. The van der Waals surface area contributed by atoms with E-state index in [2.05, 4.69) is 10.5 Å². The second-order valence-electron chi connectivity index (χ2n) is 5.64. The second-order valence-corrected chi connectivity index (χ2v) is 5.64. The van der Waals surface area contributed by atoms with Crippen LogP contribution in [0.4, 0.5) is 0 Å². The number of methoxy groups -OCH3 is 1. The first-order valence-corrected chi connectivity index (χ1v) is 7.60.